The molecule has 6 nitrogen and oxygen atoms in total. The zero-order chi connectivity index (χ0) is 18.6. The summed E-state index contributed by atoms with van der Waals surface area (Å²) >= 11 is 0. The molecule has 0 atom stereocenters. The fourth-order valence-electron chi connectivity index (χ4n) is 3.14. The number of aliphatic imine (C=N–C) groups is 1. The maximum atomic E-state index is 13.5. The molecule has 0 spiro atoms. The number of halogens is 1. The second kappa shape index (κ2) is 7.85. The van der Waals surface area contributed by atoms with Crippen LogP contribution in [0, 0.1) is 5.82 Å². The van der Waals surface area contributed by atoms with Crippen LogP contribution in [-0.4, -0.2) is 33.8 Å². The zero-order valence-electron chi connectivity index (χ0n) is 15.7. The molecule has 1 aromatic heterocycles. The minimum atomic E-state index is -0.228. The van der Waals surface area contributed by atoms with E-state index >= 15 is 0 Å². The topological polar surface area (TPSA) is 67.1 Å². The number of aromatic nitrogens is 3. The van der Waals surface area contributed by atoms with Gasteiger partial charge in [-0.25, -0.2) is 9.38 Å². The molecule has 1 aliphatic rings. The number of fused-ring (bicyclic) bond motifs is 1. The van der Waals surface area contributed by atoms with Gasteiger partial charge in [-0.05, 0) is 31.0 Å². The number of aryl methyl sites for hydroxylation is 1. The Bertz CT molecular complexity index is 780. The third-order valence-electron chi connectivity index (χ3n) is 4.71. The van der Waals surface area contributed by atoms with E-state index in [-0.39, 0.29) is 11.2 Å². The lowest BCUT2D eigenvalue weighted by molar-refractivity contribution is 0.503. The number of rotatable bonds is 6. The Hall–Kier alpha value is -2.44. The van der Waals surface area contributed by atoms with E-state index < -0.39 is 0 Å². The predicted molar refractivity (Wildman–Crippen MR) is 101 cm³/mol. The maximum Gasteiger partial charge on any atom is 0.191 e. The molecule has 0 aliphatic carbocycles. The first-order chi connectivity index (χ1) is 12.5. The van der Waals surface area contributed by atoms with Crippen molar-refractivity contribution in [3.8, 4) is 0 Å². The molecular formula is C19H27FN6. The summed E-state index contributed by atoms with van der Waals surface area (Å²) < 4.78 is 15.7. The lowest BCUT2D eigenvalue weighted by Gasteiger charge is -2.26. The van der Waals surface area contributed by atoms with Crippen molar-refractivity contribution in [2.24, 2.45) is 4.99 Å². The van der Waals surface area contributed by atoms with E-state index in [2.05, 4.69) is 44.2 Å². The van der Waals surface area contributed by atoms with Crippen LogP contribution in [-0.2, 0) is 24.9 Å². The number of hydrogen-bond donors (Lipinski definition) is 2. The van der Waals surface area contributed by atoms with Crippen molar-refractivity contribution in [3.05, 3.63) is 47.3 Å². The molecule has 26 heavy (non-hydrogen) atoms. The van der Waals surface area contributed by atoms with Crippen LogP contribution in [0.3, 0.4) is 0 Å². The zero-order valence-corrected chi connectivity index (χ0v) is 15.7. The molecule has 2 aromatic rings. The van der Waals surface area contributed by atoms with Gasteiger partial charge in [-0.3, -0.25) is 0 Å². The van der Waals surface area contributed by atoms with Crippen LogP contribution in [0.4, 0.5) is 4.39 Å². The van der Waals surface area contributed by atoms with Crippen molar-refractivity contribution in [1.29, 1.82) is 0 Å². The lowest BCUT2D eigenvalue weighted by atomic mass is 9.84. The van der Waals surface area contributed by atoms with Gasteiger partial charge in [0, 0.05) is 31.5 Å². The maximum absolute atomic E-state index is 13.5. The van der Waals surface area contributed by atoms with E-state index in [4.69, 9.17) is 0 Å². The van der Waals surface area contributed by atoms with Gasteiger partial charge in [-0.15, -0.1) is 10.2 Å². The van der Waals surface area contributed by atoms with E-state index in [0.29, 0.717) is 13.1 Å². The van der Waals surface area contributed by atoms with E-state index in [1.165, 1.54) is 6.07 Å². The SMILES string of the molecule is CCNC(=NCc1nnc2n1CCC2)NCC(C)(C)c1cccc(F)c1. The molecule has 0 saturated heterocycles. The normalized spacial score (nSPS) is 14.4. The Morgan fingerprint density at radius 3 is 2.92 bits per heavy atom. The summed E-state index contributed by atoms with van der Waals surface area (Å²) in [6.45, 7) is 9.08. The average Bonchev–Trinajstić information content (AvgIpc) is 3.21. The van der Waals surface area contributed by atoms with Gasteiger partial charge < -0.3 is 15.2 Å². The van der Waals surface area contributed by atoms with Crippen LogP contribution in [0.25, 0.3) is 0 Å². The van der Waals surface area contributed by atoms with Crippen LogP contribution in [0.5, 0.6) is 0 Å². The molecule has 0 radical (unpaired) electrons. The summed E-state index contributed by atoms with van der Waals surface area (Å²) in [4.78, 5) is 4.64. The molecule has 0 amide bonds. The second-order valence-corrected chi connectivity index (χ2v) is 7.23. The summed E-state index contributed by atoms with van der Waals surface area (Å²) in [5.74, 6) is 2.48. The van der Waals surface area contributed by atoms with Crippen LogP contribution in [0.15, 0.2) is 29.3 Å². The predicted octanol–water partition coefficient (Wildman–Crippen LogP) is 2.40. The van der Waals surface area contributed by atoms with Crippen molar-refractivity contribution >= 4 is 5.96 Å². The van der Waals surface area contributed by atoms with E-state index in [0.717, 1.165) is 49.1 Å². The standard InChI is InChI=1S/C19H27FN6/c1-4-21-18(22-12-17-25-24-16-9-6-10-26(16)17)23-13-19(2,3)14-7-5-8-15(20)11-14/h5,7-8,11H,4,6,9-10,12-13H2,1-3H3,(H2,21,22,23). The van der Waals surface area contributed by atoms with E-state index in [1.54, 1.807) is 12.1 Å². The van der Waals surface area contributed by atoms with E-state index in [9.17, 15) is 4.39 Å². The largest absolute Gasteiger partial charge is 0.357 e. The summed E-state index contributed by atoms with van der Waals surface area (Å²) in [6, 6.07) is 6.76. The van der Waals surface area contributed by atoms with Crippen molar-refractivity contribution < 1.29 is 4.39 Å². The molecule has 0 fully saturated rings. The molecule has 140 valence electrons. The first-order valence-corrected chi connectivity index (χ1v) is 9.19. The number of nitrogens with one attached hydrogen (secondary N) is 2. The molecule has 1 aromatic carbocycles. The van der Waals surface area contributed by atoms with Gasteiger partial charge in [-0.1, -0.05) is 26.0 Å². The molecule has 0 bridgehead atoms. The minimum Gasteiger partial charge on any atom is -0.357 e. The van der Waals surface area contributed by atoms with Crippen molar-refractivity contribution in [2.45, 2.75) is 52.1 Å². The molecule has 3 rings (SSSR count). The minimum absolute atomic E-state index is 0.211. The highest BCUT2D eigenvalue weighted by Crippen LogP contribution is 2.22. The van der Waals surface area contributed by atoms with Crippen LogP contribution < -0.4 is 10.6 Å². The molecule has 0 saturated carbocycles. The highest BCUT2D eigenvalue weighted by atomic mass is 19.1. The second-order valence-electron chi connectivity index (χ2n) is 7.23. The molecule has 0 unspecified atom stereocenters. The van der Waals surface area contributed by atoms with Crippen molar-refractivity contribution in [3.63, 3.8) is 0 Å². The fraction of sp³-hybridized carbons (Fsp3) is 0.526. The Kier molecular flexibility index (Phi) is 5.54. The Morgan fingerprint density at radius 2 is 2.15 bits per heavy atom. The van der Waals surface area contributed by atoms with Crippen molar-refractivity contribution in [2.75, 3.05) is 13.1 Å². The van der Waals surface area contributed by atoms with Gasteiger partial charge in [0.2, 0.25) is 0 Å². The quantitative estimate of drug-likeness (QED) is 0.615. The third kappa shape index (κ3) is 4.20. The van der Waals surface area contributed by atoms with Crippen LogP contribution in [0.2, 0.25) is 0 Å². The summed E-state index contributed by atoms with van der Waals surface area (Å²) in [7, 11) is 0. The Morgan fingerprint density at radius 1 is 1.31 bits per heavy atom. The first-order valence-electron chi connectivity index (χ1n) is 9.19. The van der Waals surface area contributed by atoms with Gasteiger partial charge in [0.15, 0.2) is 11.8 Å². The number of benzene rings is 1. The molecule has 1 aliphatic heterocycles. The molecule has 2 heterocycles. The van der Waals surface area contributed by atoms with Gasteiger partial charge in [0.25, 0.3) is 0 Å². The molecule has 7 heteroatoms. The van der Waals surface area contributed by atoms with Gasteiger partial charge in [-0.2, -0.15) is 0 Å². The highest BCUT2D eigenvalue weighted by Gasteiger charge is 2.22. The van der Waals surface area contributed by atoms with Crippen molar-refractivity contribution in [1.82, 2.24) is 25.4 Å². The van der Waals surface area contributed by atoms with E-state index in [1.807, 2.05) is 13.0 Å². The Labute approximate surface area is 153 Å². The van der Waals surface area contributed by atoms with Gasteiger partial charge in [0.05, 0.1) is 0 Å². The average molecular weight is 358 g/mol. The number of nitrogens with zero attached hydrogens (tertiary/aromatic N) is 4. The first kappa shape index (κ1) is 18.4. The molecular weight excluding hydrogens is 331 g/mol. The van der Waals surface area contributed by atoms with Gasteiger partial charge in [0.1, 0.15) is 18.2 Å². The summed E-state index contributed by atoms with van der Waals surface area (Å²) in [5.41, 5.74) is 0.727. The highest BCUT2D eigenvalue weighted by molar-refractivity contribution is 5.79. The molecule has 2 N–H and O–H groups in total. The van der Waals surface area contributed by atoms with Crippen LogP contribution in [0.1, 0.15) is 44.4 Å². The lowest BCUT2D eigenvalue weighted by Crippen LogP contribution is -2.43. The smallest absolute Gasteiger partial charge is 0.191 e. The summed E-state index contributed by atoms with van der Waals surface area (Å²) in [6.07, 6.45) is 2.12. The summed E-state index contributed by atoms with van der Waals surface area (Å²) in [5, 5.41) is 15.1. The van der Waals surface area contributed by atoms with Gasteiger partial charge >= 0.3 is 0 Å². The number of guanidine groups is 1. The Balaban J connectivity index is 1.66. The monoisotopic (exact) mass is 358 g/mol. The third-order valence-corrected chi connectivity index (χ3v) is 4.71. The number of hydrogen-bond acceptors (Lipinski definition) is 3. The fourth-order valence-corrected chi connectivity index (χ4v) is 3.14. The van der Waals surface area contributed by atoms with Crippen LogP contribution >= 0.6 is 0 Å².